The maximum atomic E-state index is 12.7. The number of nitrogens with two attached hydrogens (primary N) is 1. The van der Waals surface area contributed by atoms with E-state index in [0.717, 1.165) is 23.2 Å². The molecule has 2 N–H and O–H groups in total. The molecule has 3 heteroatoms. The first-order chi connectivity index (χ1) is 9.63. The van der Waals surface area contributed by atoms with E-state index >= 15 is 0 Å². The van der Waals surface area contributed by atoms with Gasteiger partial charge in [-0.1, -0.05) is 25.1 Å². The number of hydrogen-bond acceptors (Lipinski definition) is 2. The van der Waals surface area contributed by atoms with Crippen LogP contribution in [0.4, 0.5) is 11.4 Å². The van der Waals surface area contributed by atoms with Gasteiger partial charge in [-0.15, -0.1) is 0 Å². The molecule has 0 radical (unpaired) electrons. The van der Waals surface area contributed by atoms with Crippen molar-refractivity contribution in [1.82, 2.24) is 0 Å². The van der Waals surface area contributed by atoms with Crippen LogP contribution in [0.2, 0.25) is 0 Å². The topological polar surface area (TPSA) is 46.3 Å². The highest BCUT2D eigenvalue weighted by Crippen LogP contribution is 2.20. The molecule has 20 heavy (non-hydrogen) atoms. The van der Waals surface area contributed by atoms with Crippen LogP contribution >= 0.6 is 0 Å². The van der Waals surface area contributed by atoms with E-state index in [2.05, 4.69) is 6.92 Å². The third-order valence-corrected chi connectivity index (χ3v) is 3.27. The molecule has 0 aliphatic rings. The van der Waals surface area contributed by atoms with Gasteiger partial charge in [-0.05, 0) is 49.2 Å². The maximum Gasteiger partial charge on any atom is 0.258 e. The Morgan fingerprint density at radius 2 is 1.75 bits per heavy atom. The van der Waals surface area contributed by atoms with Gasteiger partial charge in [0.05, 0.1) is 0 Å². The molecule has 104 valence electrons. The van der Waals surface area contributed by atoms with E-state index in [-0.39, 0.29) is 5.91 Å². The van der Waals surface area contributed by atoms with Crippen LogP contribution in [0.1, 0.15) is 29.3 Å². The molecule has 0 heterocycles. The Hall–Kier alpha value is -2.29. The van der Waals surface area contributed by atoms with E-state index < -0.39 is 0 Å². The molecule has 0 aliphatic carbocycles. The van der Waals surface area contributed by atoms with Gasteiger partial charge in [-0.2, -0.15) is 0 Å². The molecule has 0 aliphatic heterocycles. The predicted molar refractivity (Wildman–Crippen MR) is 84.0 cm³/mol. The molecule has 2 rings (SSSR count). The largest absolute Gasteiger partial charge is 0.399 e. The van der Waals surface area contributed by atoms with Crippen molar-refractivity contribution in [1.29, 1.82) is 0 Å². The number of hydrogen-bond donors (Lipinski definition) is 1. The average Bonchev–Trinajstić information content (AvgIpc) is 2.46. The van der Waals surface area contributed by atoms with Crippen molar-refractivity contribution in [2.45, 2.75) is 20.3 Å². The van der Waals surface area contributed by atoms with Crippen molar-refractivity contribution in [2.75, 3.05) is 17.2 Å². The molecular formula is C17H20N2O. The number of benzene rings is 2. The van der Waals surface area contributed by atoms with Crippen molar-refractivity contribution in [3.8, 4) is 0 Å². The van der Waals surface area contributed by atoms with Crippen molar-refractivity contribution < 1.29 is 4.79 Å². The number of carbonyl (C=O) groups is 1. The van der Waals surface area contributed by atoms with Gasteiger partial charge in [-0.3, -0.25) is 4.79 Å². The molecule has 2 aromatic rings. The SMILES string of the molecule is CCCN(C(=O)c1ccccc1C)c1ccc(N)cc1. The summed E-state index contributed by atoms with van der Waals surface area (Å²) in [5.41, 5.74) is 9.04. The first-order valence-electron chi connectivity index (χ1n) is 6.86. The monoisotopic (exact) mass is 268 g/mol. The standard InChI is InChI=1S/C17H20N2O/c1-3-12-19(15-10-8-14(18)9-11-15)17(20)16-7-5-4-6-13(16)2/h4-11H,3,12,18H2,1-2H3. The number of anilines is 2. The summed E-state index contributed by atoms with van der Waals surface area (Å²) in [7, 11) is 0. The van der Waals surface area contributed by atoms with Gasteiger partial charge in [0.15, 0.2) is 0 Å². The van der Waals surface area contributed by atoms with Gasteiger partial charge in [-0.25, -0.2) is 0 Å². The van der Waals surface area contributed by atoms with Crippen LogP contribution in [0.15, 0.2) is 48.5 Å². The molecule has 0 unspecified atom stereocenters. The van der Waals surface area contributed by atoms with Crippen LogP contribution in [-0.2, 0) is 0 Å². The van der Waals surface area contributed by atoms with Gasteiger partial charge in [0.2, 0.25) is 0 Å². The van der Waals surface area contributed by atoms with E-state index in [0.29, 0.717) is 12.2 Å². The zero-order chi connectivity index (χ0) is 14.5. The number of rotatable bonds is 4. The molecular weight excluding hydrogens is 248 g/mol. The number of carbonyl (C=O) groups excluding carboxylic acids is 1. The lowest BCUT2D eigenvalue weighted by molar-refractivity contribution is 0.0986. The molecule has 0 fully saturated rings. The van der Waals surface area contributed by atoms with E-state index in [4.69, 9.17) is 5.73 Å². The number of nitrogen functional groups attached to an aromatic ring is 1. The summed E-state index contributed by atoms with van der Waals surface area (Å²) < 4.78 is 0. The third kappa shape index (κ3) is 2.99. The second kappa shape index (κ2) is 6.24. The smallest absolute Gasteiger partial charge is 0.258 e. The molecule has 0 saturated carbocycles. The van der Waals surface area contributed by atoms with E-state index in [1.54, 1.807) is 0 Å². The second-order valence-corrected chi connectivity index (χ2v) is 4.86. The van der Waals surface area contributed by atoms with E-state index in [9.17, 15) is 4.79 Å². The van der Waals surface area contributed by atoms with Crippen LogP contribution in [0.25, 0.3) is 0 Å². The number of amides is 1. The number of nitrogens with zero attached hydrogens (tertiary/aromatic N) is 1. The van der Waals surface area contributed by atoms with Crippen LogP contribution in [0, 0.1) is 6.92 Å². The highest BCUT2D eigenvalue weighted by molar-refractivity contribution is 6.07. The molecule has 0 aromatic heterocycles. The predicted octanol–water partition coefficient (Wildman–Crippen LogP) is 3.63. The second-order valence-electron chi connectivity index (χ2n) is 4.86. The lowest BCUT2D eigenvalue weighted by atomic mass is 10.1. The Labute approximate surface area is 120 Å². The lowest BCUT2D eigenvalue weighted by Gasteiger charge is -2.23. The Balaban J connectivity index is 2.36. The summed E-state index contributed by atoms with van der Waals surface area (Å²) in [6, 6.07) is 15.1. The van der Waals surface area contributed by atoms with Gasteiger partial charge >= 0.3 is 0 Å². The van der Waals surface area contributed by atoms with Crippen LogP contribution < -0.4 is 10.6 Å². The highest BCUT2D eigenvalue weighted by atomic mass is 16.2. The summed E-state index contributed by atoms with van der Waals surface area (Å²) >= 11 is 0. The summed E-state index contributed by atoms with van der Waals surface area (Å²) in [6.07, 6.45) is 0.905. The van der Waals surface area contributed by atoms with Gasteiger partial charge < -0.3 is 10.6 Å². The van der Waals surface area contributed by atoms with Crippen LogP contribution in [0.5, 0.6) is 0 Å². The van der Waals surface area contributed by atoms with Crippen LogP contribution in [-0.4, -0.2) is 12.5 Å². The molecule has 3 nitrogen and oxygen atoms in total. The van der Waals surface area contributed by atoms with Crippen molar-refractivity contribution in [2.24, 2.45) is 0 Å². The van der Waals surface area contributed by atoms with Gasteiger partial charge in [0.1, 0.15) is 0 Å². The summed E-state index contributed by atoms with van der Waals surface area (Å²) in [5, 5.41) is 0. The minimum Gasteiger partial charge on any atom is -0.399 e. The fourth-order valence-electron chi connectivity index (χ4n) is 2.18. The first kappa shape index (κ1) is 14.1. The van der Waals surface area contributed by atoms with Crippen LogP contribution in [0.3, 0.4) is 0 Å². The number of aryl methyl sites for hydroxylation is 1. The highest BCUT2D eigenvalue weighted by Gasteiger charge is 2.18. The quantitative estimate of drug-likeness (QED) is 0.861. The normalized spacial score (nSPS) is 10.3. The fourth-order valence-corrected chi connectivity index (χ4v) is 2.18. The Morgan fingerprint density at radius 1 is 1.10 bits per heavy atom. The Morgan fingerprint density at radius 3 is 2.35 bits per heavy atom. The van der Waals surface area contributed by atoms with E-state index in [1.165, 1.54) is 0 Å². The Kier molecular flexibility index (Phi) is 4.41. The average molecular weight is 268 g/mol. The zero-order valence-electron chi connectivity index (χ0n) is 12.0. The molecule has 0 bridgehead atoms. The molecule has 0 atom stereocenters. The lowest BCUT2D eigenvalue weighted by Crippen LogP contribution is -2.32. The summed E-state index contributed by atoms with van der Waals surface area (Å²) in [5.74, 6) is 0.0368. The molecule has 0 spiro atoms. The zero-order valence-corrected chi connectivity index (χ0v) is 12.0. The molecule has 1 amide bonds. The molecule has 0 saturated heterocycles. The van der Waals surface area contributed by atoms with Crippen molar-refractivity contribution >= 4 is 17.3 Å². The minimum atomic E-state index is 0.0368. The Bertz CT molecular complexity index is 590. The van der Waals surface area contributed by atoms with E-state index in [1.807, 2.05) is 60.4 Å². The van der Waals surface area contributed by atoms with Gasteiger partial charge in [0.25, 0.3) is 5.91 Å². The van der Waals surface area contributed by atoms with Gasteiger partial charge in [0, 0.05) is 23.5 Å². The first-order valence-corrected chi connectivity index (χ1v) is 6.86. The fraction of sp³-hybridized carbons (Fsp3) is 0.235. The summed E-state index contributed by atoms with van der Waals surface area (Å²) in [6.45, 7) is 4.72. The molecule has 2 aromatic carbocycles. The minimum absolute atomic E-state index is 0.0368. The maximum absolute atomic E-state index is 12.7. The van der Waals surface area contributed by atoms with Crippen molar-refractivity contribution in [3.05, 3.63) is 59.7 Å². The third-order valence-electron chi connectivity index (χ3n) is 3.27. The van der Waals surface area contributed by atoms with Crippen molar-refractivity contribution in [3.63, 3.8) is 0 Å². The summed E-state index contributed by atoms with van der Waals surface area (Å²) in [4.78, 5) is 14.5.